The summed E-state index contributed by atoms with van der Waals surface area (Å²) in [4.78, 5) is 12.9. The number of aromatic hydroxyl groups is 1. The Labute approximate surface area is 228 Å². The lowest BCUT2D eigenvalue weighted by Crippen LogP contribution is -2.13. The van der Waals surface area contributed by atoms with Crippen LogP contribution < -0.4 is 10.1 Å². The Hall–Kier alpha value is -3.70. The van der Waals surface area contributed by atoms with Crippen molar-refractivity contribution < 1.29 is 27.6 Å². The zero-order chi connectivity index (χ0) is 27.6. The Balaban J connectivity index is 1.83. The molecule has 4 aromatic carbocycles. The molecule has 3 N–H and O–H groups in total. The van der Waals surface area contributed by atoms with Crippen molar-refractivity contribution in [2.75, 3.05) is 11.9 Å². The van der Waals surface area contributed by atoms with Crippen LogP contribution in [0.25, 0.3) is 10.8 Å². The summed E-state index contributed by atoms with van der Waals surface area (Å²) in [6.45, 7) is 3.56. The molecule has 4 rings (SSSR count). The lowest BCUT2D eigenvalue weighted by Gasteiger charge is -2.14. The van der Waals surface area contributed by atoms with Crippen LogP contribution >= 0.6 is 23.2 Å². The zero-order valence-electron chi connectivity index (χ0n) is 20.1. The number of phenolic OH excluding ortho intramolecular Hbond substituents is 1. The number of rotatable bonds is 7. The number of carbonyl (C=O) groups is 1. The van der Waals surface area contributed by atoms with E-state index in [2.05, 4.69) is 15.5 Å². The van der Waals surface area contributed by atoms with Crippen molar-refractivity contribution in [3.63, 3.8) is 0 Å². The number of azo groups is 1. The molecule has 38 heavy (non-hydrogen) atoms. The van der Waals surface area contributed by atoms with Crippen molar-refractivity contribution >= 4 is 67.1 Å². The minimum absolute atomic E-state index is 0.0274. The highest BCUT2D eigenvalue weighted by Gasteiger charge is 2.21. The van der Waals surface area contributed by atoms with Gasteiger partial charge in [0.25, 0.3) is 16.0 Å². The summed E-state index contributed by atoms with van der Waals surface area (Å²) in [5, 5.41) is 23.6. The van der Waals surface area contributed by atoms with Gasteiger partial charge in [-0.1, -0.05) is 47.5 Å². The molecule has 0 radical (unpaired) electrons. The highest BCUT2D eigenvalue weighted by atomic mass is 35.5. The van der Waals surface area contributed by atoms with Crippen LogP contribution in [-0.4, -0.2) is 30.6 Å². The van der Waals surface area contributed by atoms with Crippen LogP contribution in [0.15, 0.2) is 75.8 Å². The normalized spacial score (nSPS) is 11.7. The summed E-state index contributed by atoms with van der Waals surface area (Å²) < 4.78 is 38.5. The number of amides is 1. The van der Waals surface area contributed by atoms with Crippen LogP contribution in [0.1, 0.15) is 22.8 Å². The van der Waals surface area contributed by atoms with Crippen molar-refractivity contribution in [3.8, 4) is 11.5 Å². The van der Waals surface area contributed by atoms with E-state index >= 15 is 0 Å². The van der Waals surface area contributed by atoms with Gasteiger partial charge in [-0.25, -0.2) is 0 Å². The molecule has 0 aromatic heterocycles. The van der Waals surface area contributed by atoms with Gasteiger partial charge in [-0.3, -0.25) is 9.35 Å². The minimum Gasteiger partial charge on any atom is -0.505 e. The predicted octanol–water partition coefficient (Wildman–Crippen LogP) is 7.47. The minimum atomic E-state index is -4.54. The van der Waals surface area contributed by atoms with Crippen LogP contribution in [0.5, 0.6) is 11.5 Å². The second kappa shape index (κ2) is 11.0. The molecule has 12 heteroatoms. The summed E-state index contributed by atoms with van der Waals surface area (Å²) in [7, 11) is -4.54. The zero-order valence-corrected chi connectivity index (χ0v) is 22.4. The number of nitrogens with zero attached hydrogens (tertiary/aromatic N) is 2. The Bertz CT molecular complexity index is 1710. The van der Waals surface area contributed by atoms with Crippen LogP contribution in [0.2, 0.25) is 10.0 Å². The molecule has 196 valence electrons. The molecule has 1 amide bonds. The third kappa shape index (κ3) is 5.58. The van der Waals surface area contributed by atoms with E-state index in [-0.39, 0.29) is 32.4 Å². The summed E-state index contributed by atoms with van der Waals surface area (Å²) in [5.41, 5.74) is 0.197. The molecule has 0 aliphatic carbocycles. The Morgan fingerprint density at radius 3 is 2.45 bits per heavy atom. The van der Waals surface area contributed by atoms with E-state index in [1.807, 2.05) is 0 Å². The number of nitrogens with one attached hydrogen (secondary N) is 1. The van der Waals surface area contributed by atoms with Gasteiger partial charge in [-0.15, -0.1) is 10.2 Å². The van der Waals surface area contributed by atoms with Gasteiger partial charge in [0.15, 0.2) is 5.75 Å². The van der Waals surface area contributed by atoms with Crippen LogP contribution in [0, 0.1) is 6.92 Å². The van der Waals surface area contributed by atoms with Crippen molar-refractivity contribution in [2.24, 2.45) is 10.2 Å². The number of phenols is 1. The second-order valence-corrected chi connectivity index (χ2v) is 10.3. The number of anilines is 1. The van der Waals surface area contributed by atoms with Crippen molar-refractivity contribution in [1.29, 1.82) is 0 Å². The number of hydrogen-bond acceptors (Lipinski definition) is 7. The molecule has 0 atom stereocenters. The molecule has 0 spiro atoms. The molecular formula is C26H21Cl2N3O6S. The van der Waals surface area contributed by atoms with Gasteiger partial charge < -0.3 is 15.2 Å². The first-order valence-corrected chi connectivity index (χ1v) is 13.4. The molecule has 4 aromatic rings. The van der Waals surface area contributed by atoms with E-state index in [0.29, 0.717) is 33.8 Å². The van der Waals surface area contributed by atoms with E-state index in [0.717, 1.165) is 6.07 Å². The number of hydrogen-bond donors (Lipinski definition) is 3. The quantitative estimate of drug-likeness (QED) is 0.155. The fourth-order valence-corrected chi connectivity index (χ4v) is 4.95. The van der Waals surface area contributed by atoms with Gasteiger partial charge in [-0.05, 0) is 61.2 Å². The maximum Gasteiger partial charge on any atom is 0.294 e. The highest BCUT2D eigenvalue weighted by molar-refractivity contribution is 7.85. The molecule has 0 bridgehead atoms. The lowest BCUT2D eigenvalue weighted by atomic mass is 10.0. The van der Waals surface area contributed by atoms with E-state index in [1.165, 1.54) is 25.1 Å². The first kappa shape index (κ1) is 27.3. The Kier molecular flexibility index (Phi) is 7.89. The molecule has 0 saturated heterocycles. The first-order valence-electron chi connectivity index (χ1n) is 11.2. The van der Waals surface area contributed by atoms with Crippen molar-refractivity contribution in [3.05, 3.63) is 81.8 Å². The summed E-state index contributed by atoms with van der Waals surface area (Å²) in [6, 6.07) is 15.6. The van der Waals surface area contributed by atoms with Gasteiger partial charge in [-0.2, -0.15) is 8.42 Å². The SMILES string of the molecule is CCOc1ccc(Cl)cc1NC(=O)c1cc2ccccc2c(N=Nc2c(Cl)ccc(S(=O)(=O)O)c2C)c1O. The van der Waals surface area contributed by atoms with E-state index in [1.54, 1.807) is 43.3 Å². The van der Waals surface area contributed by atoms with Crippen LogP contribution in [0.3, 0.4) is 0 Å². The van der Waals surface area contributed by atoms with Crippen molar-refractivity contribution in [2.45, 2.75) is 18.7 Å². The summed E-state index contributed by atoms with van der Waals surface area (Å²) >= 11 is 12.3. The van der Waals surface area contributed by atoms with E-state index < -0.39 is 21.8 Å². The molecule has 0 unspecified atom stereocenters. The first-order chi connectivity index (χ1) is 18.0. The molecule has 9 nitrogen and oxygen atoms in total. The topological polar surface area (TPSA) is 138 Å². The number of fused-ring (bicyclic) bond motifs is 1. The number of halogens is 2. The molecular weight excluding hydrogens is 553 g/mol. The number of benzene rings is 4. The largest absolute Gasteiger partial charge is 0.505 e. The second-order valence-electron chi connectivity index (χ2n) is 8.06. The summed E-state index contributed by atoms with van der Waals surface area (Å²) in [5.74, 6) is -0.727. The predicted molar refractivity (Wildman–Crippen MR) is 146 cm³/mol. The number of carbonyl (C=O) groups excluding carboxylic acids is 1. The third-order valence-electron chi connectivity index (χ3n) is 5.59. The maximum atomic E-state index is 13.3. The van der Waals surface area contributed by atoms with Gasteiger partial charge in [0, 0.05) is 10.4 Å². The maximum absolute atomic E-state index is 13.3. The Morgan fingerprint density at radius 1 is 1.03 bits per heavy atom. The standard InChI is InChI=1S/C26H21Cl2N3O6S/c1-3-37-21-10-8-16(27)13-20(21)29-26(33)18-12-15-6-4-5-7-17(15)24(25(18)32)31-30-23-14(2)22(38(34,35)36)11-9-19(23)28/h4-13,32H,3H2,1-2H3,(H,29,33)(H,34,35,36). The van der Waals surface area contributed by atoms with Crippen LogP contribution in [0.4, 0.5) is 17.1 Å². The third-order valence-corrected chi connectivity index (χ3v) is 7.13. The van der Waals surface area contributed by atoms with E-state index in [4.69, 9.17) is 27.9 Å². The Morgan fingerprint density at radius 2 is 1.74 bits per heavy atom. The van der Waals surface area contributed by atoms with Gasteiger partial charge in [0.2, 0.25) is 0 Å². The average Bonchev–Trinajstić information content (AvgIpc) is 2.85. The lowest BCUT2D eigenvalue weighted by molar-refractivity contribution is 0.102. The molecule has 0 fully saturated rings. The fourth-order valence-electron chi connectivity index (χ4n) is 3.81. The highest BCUT2D eigenvalue weighted by Crippen LogP contribution is 2.41. The molecule has 0 saturated carbocycles. The van der Waals surface area contributed by atoms with Gasteiger partial charge >= 0.3 is 0 Å². The monoisotopic (exact) mass is 573 g/mol. The smallest absolute Gasteiger partial charge is 0.294 e. The fraction of sp³-hybridized carbons (Fsp3) is 0.115. The van der Waals surface area contributed by atoms with Crippen LogP contribution in [-0.2, 0) is 10.1 Å². The molecule has 0 aliphatic rings. The van der Waals surface area contributed by atoms with E-state index in [9.17, 15) is 22.9 Å². The average molecular weight is 574 g/mol. The molecule has 0 heterocycles. The van der Waals surface area contributed by atoms with Crippen molar-refractivity contribution in [1.82, 2.24) is 0 Å². The summed E-state index contributed by atoms with van der Waals surface area (Å²) in [6.07, 6.45) is 0. The number of ether oxygens (including phenoxy) is 1. The molecule has 0 aliphatic heterocycles. The van der Waals surface area contributed by atoms with Gasteiger partial charge in [0.1, 0.15) is 17.1 Å². The van der Waals surface area contributed by atoms with Gasteiger partial charge in [0.05, 0.1) is 27.8 Å².